The highest BCUT2D eigenvalue weighted by atomic mass is 35.5. The highest BCUT2D eigenvalue weighted by Crippen LogP contribution is 2.16. The summed E-state index contributed by atoms with van der Waals surface area (Å²) in [4.78, 5) is 16.2. The largest absolute Gasteiger partial charge is 0.367 e. The number of rotatable bonds is 5. The molecule has 1 aliphatic rings. The van der Waals surface area contributed by atoms with Crippen LogP contribution in [0.1, 0.15) is 17.8 Å². The van der Waals surface area contributed by atoms with E-state index in [0.29, 0.717) is 11.6 Å². The van der Waals surface area contributed by atoms with Crippen molar-refractivity contribution in [3.05, 3.63) is 53.1 Å². The number of nitrogens with one attached hydrogen (secondary N) is 1. The monoisotopic (exact) mass is 319 g/mol. The van der Waals surface area contributed by atoms with Crippen LogP contribution in [-0.4, -0.2) is 28.1 Å². The Morgan fingerprint density at radius 2 is 2.32 bits per heavy atom. The van der Waals surface area contributed by atoms with E-state index in [2.05, 4.69) is 14.9 Å². The van der Waals surface area contributed by atoms with Gasteiger partial charge in [-0.05, 0) is 18.1 Å². The van der Waals surface area contributed by atoms with Crippen LogP contribution in [0.2, 0.25) is 5.02 Å². The van der Waals surface area contributed by atoms with E-state index in [9.17, 15) is 4.79 Å². The third-order valence-corrected chi connectivity index (χ3v) is 4.12. The molecule has 2 aromatic rings. The second kappa shape index (κ2) is 6.94. The molecule has 1 amide bonds. The third-order valence-electron chi connectivity index (χ3n) is 3.75. The summed E-state index contributed by atoms with van der Waals surface area (Å²) in [7, 11) is 0. The van der Waals surface area contributed by atoms with Crippen molar-refractivity contribution in [2.45, 2.75) is 32.0 Å². The predicted octanol–water partition coefficient (Wildman–Crippen LogP) is 2.18. The van der Waals surface area contributed by atoms with Crippen LogP contribution < -0.4 is 5.32 Å². The number of aromatic nitrogens is 2. The first-order valence-corrected chi connectivity index (χ1v) is 7.70. The maximum atomic E-state index is 11.9. The summed E-state index contributed by atoms with van der Waals surface area (Å²) >= 11 is 6.04. The molecule has 3 rings (SSSR count). The Morgan fingerprint density at radius 1 is 1.45 bits per heavy atom. The van der Waals surface area contributed by atoms with Gasteiger partial charge in [-0.25, -0.2) is 4.98 Å². The number of fused-ring (bicyclic) bond motifs is 1. The zero-order valence-electron chi connectivity index (χ0n) is 12.2. The number of hydrogen-bond donors (Lipinski definition) is 1. The number of halogens is 1. The van der Waals surface area contributed by atoms with Gasteiger partial charge in [0, 0.05) is 36.4 Å². The molecule has 1 atom stereocenters. The Hall–Kier alpha value is -1.85. The van der Waals surface area contributed by atoms with Gasteiger partial charge in [0.1, 0.15) is 12.4 Å². The lowest BCUT2D eigenvalue weighted by Crippen LogP contribution is -2.42. The Bertz CT molecular complexity index is 656. The number of ether oxygens (including phenoxy) is 1. The summed E-state index contributed by atoms with van der Waals surface area (Å²) < 4.78 is 7.53. The first-order chi connectivity index (χ1) is 10.7. The van der Waals surface area contributed by atoms with E-state index in [0.717, 1.165) is 30.8 Å². The lowest BCUT2D eigenvalue weighted by atomic mass is 10.1. The van der Waals surface area contributed by atoms with Crippen molar-refractivity contribution < 1.29 is 9.53 Å². The standard InChI is InChI=1S/C16H18ClN3O2/c17-14-4-2-1-3-12(14)10-22-11-16(21)19-13-5-6-15-18-7-8-20(15)9-13/h1-4,7-8,13H,5-6,9-11H2,(H,19,21)/t13-/m0/s1. The molecule has 1 aliphatic heterocycles. The molecule has 1 N–H and O–H groups in total. The van der Waals surface area contributed by atoms with Gasteiger partial charge >= 0.3 is 0 Å². The molecule has 0 saturated carbocycles. The van der Waals surface area contributed by atoms with E-state index in [4.69, 9.17) is 16.3 Å². The van der Waals surface area contributed by atoms with E-state index in [1.807, 2.05) is 30.5 Å². The number of aryl methyl sites for hydroxylation is 1. The first kappa shape index (κ1) is 15.1. The van der Waals surface area contributed by atoms with Crippen molar-refractivity contribution in [3.63, 3.8) is 0 Å². The molecule has 0 bridgehead atoms. The normalized spacial score (nSPS) is 17.0. The predicted molar refractivity (Wildman–Crippen MR) is 83.6 cm³/mol. The van der Waals surface area contributed by atoms with Gasteiger partial charge in [0.05, 0.1) is 6.61 Å². The molecule has 0 fully saturated rings. The van der Waals surface area contributed by atoms with Crippen molar-refractivity contribution in [2.75, 3.05) is 6.61 Å². The fraction of sp³-hybridized carbons (Fsp3) is 0.375. The second-order valence-electron chi connectivity index (χ2n) is 5.38. The summed E-state index contributed by atoms with van der Waals surface area (Å²) in [6.45, 7) is 1.15. The Morgan fingerprint density at radius 3 is 3.18 bits per heavy atom. The van der Waals surface area contributed by atoms with Gasteiger partial charge in [-0.2, -0.15) is 0 Å². The summed E-state index contributed by atoms with van der Waals surface area (Å²) in [6, 6.07) is 7.60. The van der Waals surface area contributed by atoms with E-state index in [1.54, 1.807) is 6.20 Å². The average molecular weight is 320 g/mol. The second-order valence-corrected chi connectivity index (χ2v) is 5.79. The molecule has 0 aliphatic carbocycles. The van der Waals surface area contributed by atoms with Gasteiger partial charge in [-0.15, -0.1) is 0 Å². The molecule has 0 spiro atoms. The molecule has 2 heterocycles. The number of carbonyl (C=O) groups excluding carboxylic acids is 1. The van der Waals surface area contributed by atoms with Crippen LogP contribution in [0.3, 0.4) is 0 Å². The number of imidazole rings is 1. The van der Waals surface area contributed by atoms with Gasteiger partial charge < -0.3 is 14.6 Å². The zero-order chi connectivity index (χ0) is 15.4. The van der Waals surface area contributed by atoms with Gasteiger partial charge in [0.15, 0.2) is 0 Å². The lowest BCUT2D eigenvalue weighted by Gasteiger charge is -2.24. The summed E-state index contributed by atoms with van der Waals surface area (Å²) in [6.07, 6.45) is 5.54. The number of carbonyl (C=O) groups is 1. The molecule has 1 aromatic carbocycles. The van der Waals surface area contributed by atoms with Crippen LogP contribution in [0, 0.1) is 0 Å². The van der Waals surface area contributed by atoms with Crippen molar-refractivity contribution in [1.82, 2.24) is 14.9 Å². The molecule has 0 radical (unpaired) electrons. The molecule has 5 nitrogen and oxygen atoms in total. The minimum Gasteiger partial charge on any atom is -0.367 e. The lowest BCUT2D eigenvalue weighted by molar-refractivity contribution is -0.127. The van der Waals surface area contributed by atoms with Crippen molar-refractivity contribution in [2.24, 2.45) is 0 Å². The molecule has 0 saturated heterocycles. The van der Waals surface area contributed by atoms with Crippen LogP contribution in [0.5, 0.6) is 0 Å². The number of hydrogen-bond acceptors (Lipinski definition) is 3. The Balaban J connectivity index is 1.43. The number of nitrogens with zero attached hydrogens (tertiary/aromatic N) is 2. The van der Waals surface area contributed by atoms with E-state index in [-0.39, 0.29) is 18.6 Å². The number of amides is 1. The topological polar surface area (TPSA) is 56.1 Å². The van der Waals surface area contributed by atoms with Crippen LogP contribution in [-0.2, 0) is 29.1 Å². The summed E-state index contributed by atoms with van der Waals surface area (Å²) in [5.41, 5.74) is 0.887. The molecular formula is C16H18ClN3O2. The smallest absolute Gasteiger partial charge is 0.246 e. The minimum atomic E-state index is -0.0966. The van der Waals surface area contributed by atoms with Gasteiger partial charge in [-0.3, -0.25) is 4.79 Å². The molecule has 6 heteroatoms. The Labute approximate surface area is 134 Å². The highest BCUT2D eigenvalue weighted by Gasteiger charge is 2.20. The zero-order valence-corrected chi connectivity index (χ0v) is 12.9. The number of benzene rings is 1. The molecule has 22 heavy (non-hydrogen) atoms. The van der Waals surface area contributed by atoms with Crippen LogP contribution in [0.4, 0.5) is 0 Å². The first-order valence-electron chi connectivity index (χ1n) is 7.33. The highest BCUT2D eigenvalue weighted by molar-refractivity contribution is 6.31. The van der Waals surface area contributed by atoms with Crippen molar-refractivity contribution in [3.8, 4) is 0 Å². The van der Waals surface area contributed by atoms with E-state index >= 15 is 0 Å². The maximum Gasteiger partial charge on any atom is 0.246 e. The van der Waals surface area contributed by atoms with Gasteiger partial charge in [0.2, 0.25) is 5.91 Å². The molecule has 0 unspecified atom stereocenters. The van der Waals surface area contributed by atoms with E-state index in [1.165, 1.54) is 0 Å². The van der Waals surface area contributed by atoms with Crippen molar-refractivity contribution in [1.29, 1.82) is 0 Å². The summed E-state index contributed by atoms with van der Waals surface area (Å²) in [5, 5.41) is 3.66. The van der Waals surface area contributed by atoms with Gasteiger partial charge in [-0.1, -0.05) is 29.8 Å². The minimum absolute atomic E-state index is 0.0402. The maximum absolute atomic E-state index is 11.9. The van der Waals surface area contributed by atoms with E-state index < -0.39 is 0 Å². The third kappa shape index (κ3) is 3.67. The Kier molecular flexibility index (Phi) is 4.75. The quantitative estimate of drug-likeness (QED) is 0.919. The van der Waals surface area contributed by atoms with Gasteiger partial charge in [0.25, 0.3) is 0 Å². The molecular weight excluding hydrogens is 302 g/mol. The van der Waals surface area contributed by atoms with Crippen LogP contribution in [0.25, 0.3) is 0 Å². The molecule has 116 valence electrons. The van der Waals surface area contributed by atoms with Crippen molar-refractivity contribution >= 4 is 17.5 Å². The fourth-order valence-corrected chi connectivity index (χ4v) is 2.81. The van der Waals surface area contributed by atoms with Crippen LogP contribution >= 0.6 is 11.6 Å². The summed E-state index contributed by atoms with van der Waals surface area (Å²) in [5.74, 6) is 0.987. The SMILES string of the molecule is O=C(COCc1ccccc1Cl)N[C@H]1CCc2nccn2C1. The average Bonchev–Trinajstić information content (AvgIpc) is 2.97. The van der Waals surface area contributed by atoms with Crippen LogP contribution in [0.15, 0.2) is 36.7 Å². The fourth-order valence-electron chi connectivity index (χ4n) is 2.62. The molecule has 1 aromatic heterocycles.